The van der Waals surface area contributed by atoms with E-state index >= 15 is 0 Å². The zero-order valence-electron chi connectivity index (χ0n) is 11.3. The summed E-state index contributed by atoms with van der Waals surface area (Å²) in [5.41, 5.74) is 3.11. The fourth-order valence-corrected chi connectivity index (χ4v) is 1.81. The minimum absolute atomic E-state index is 0.379. The molecule has 0 saturated carbocycles. The van der Waals surface area contributed by atoms with Crippen molar-refractivity contribution >= 4 is 18.0 Å². The first-order valence-electron chi connectivity index (χ1n) is 6.48. The van der Waals surface area contributed by atoms with Crippen molar-refractivity contribution in [1.29, 1.82) is 0 Å². The molecule has 0 atom stereocenters. The largest absolute Gasteiger partial charge is 0.480 e. The van der Waals surface area contributed by atoms with Gasteiger partial charge < -0.3 is 10.4 Å². The van der Waals surface area contributed by atoms with Crippen LogP contribution in [0.1, 0.15) is 5.56 Å². The summed E-state index contributed by atoms with van der Waals surface area (Å²) in [6.45, 7) is -0.379. The molecule has 2 aromatic carbocycles. The van der Waals surface area contributed by atoms with E-state index in [9.17, 15) is 9.59 Å². The van der Waals surface area contributed by atoms with Crippen LogP contribution in [-0.4, -0.2) is 23.5 Å². The molecule has 0 bridgehead atoms. The van der Waals surface area contributed by atoms with Crippen molar-refractivity contribution < 1.29 is 14.7 Å². The van der Waals surface area contributed by atoms with Crippen LogP contribution in [0.25, 0.3) is 17.2 Å². The number of carboxylic acid groups (broad SMARTS) is 1. The Morgan fingerprint density at radius 3 is 2.19 bits per heavy atom. The van der Waals surface area contributed by atoms with Gasteiger partial charge in [0.15, 0.2) is 0 Å². The highest BCUT2D eigenvalue weighted by Gasteiger charge is 1.99. The number of hydrogen-bond acceptors (Lipinski definition) is 2. The number of hydrogen-bond donors (Lipinski definition) is 2. The normalized spacial score (nSPS) is 10.5. The van der Waals surface area contributed by atoms with Crippen molar-refractivity contribution in [2.24, 2.45) is 0 Å². The van der Waals surface area contributed by atoms with Crippen LogP contribution in [0.4, 0.5) is 0 Å². The van der Waals surface area contributed by atoms with E-state index in [4.69, 9.17) is 5.11 Å². The number of rotatable bonds is 5. The van der Waals surface area contributed by atoms with Crippen LogP contribution in [0, 0.1) is 0 Å². The van der Waals surface area contributed by atoms with Crippen molar-refractivity contribution in [2.75, 3.05) is 6.54 Å². The third-order valence-corrected chi connectivity index (χ3v) is 2.86. The molecule has 2 aromatic rings. The summed E-state index contributed by atoms with van der Waals surface area (Å²) in [4.78, 5) is 21.7. The Hall–Kier alpha value is -2.88. The molecule has 0 aromatic heterocycles. The SMILES string of the molecule is O=C(O)CNC(=O)/C=C/c1ccc(-c2ccccc2)cc1. The van der Waals surface area contributed by atoms with E-state index in [1.54, 1.807) is 6.08 Å². The van der Waals surface area contributed by atoms with Crippen molar-refractivity contribution in [3.8, 4) is 11.1 Å². The van der Waals surface area contributed by atoms with Crippen LogP contribution in [0.2, 0.25) is 0 Å². The van der Waals surface area contributed by atoms with E-state index in [1.165, 1.54) is 6.08 Å². The van der Waals surface area contributed by atoms with Gasteiger partial charge in [-0.15, -0.1) is 0 Å². The smallest absolute Gasteiger partial charge is 0.322 e. The van der Waals surface area contributed by atoms with Gasteiger partial charge in [0.25, 0.3) is 0 Å². The number of carbonyl (C=O) groups excluding carboxylic acids is 1. The second-order valence-electron chi connectivity index (χ2n) is 4.43. The average Bonchev–Trinajstić information content (AvgIpc) is 2.52. The molecule has 106 valence electrons. The summed E-state index contributed by atoms with van der Waals surface area (Å²) in [6, 6.07) is 17.8. The van der Waals surface area contributed by atoms with Crippen LogP contribution in [0.3, 0.4) is 0 Å². The quantitative estimate of drug-likeness (QED) is 0.828. The zero-order valence-corrected chi connectivity index (χ0v) is 11.3. The van der Waals surface area contributed by atoms with Gasteiger partial charge in [0.05, 0.1) is 0 Å². The Morgan fingerprint density at radius 1 is 0.952 bits per heavy atom. The first-order chi connectivity index (χ1) is 10.1. The van der Waals surface area contributed by atoms with Crippen LogP contribution >= 0.6 is 0 Å². The van der Waals surface area contributed by atoms with Gasteiger partial charge in [0.1, 0.15) is 6.54 Å². The maximum atomic E-state index is 11.3. The average molecular weight is 281 g/mol. The maximum absolute atomic E-state index is 11.3. The van der Waals surface area contributed by atoms with E-state index in [0.29, 0.717) is 0 Å². The Labute approximate surface area is 122 Å². The highest BCUT2D eigenvalue weighted by atomic mass is 16.4. The summed E-state index contributed by atoms with van der Waals surface area (Å²) >= 11 is 0. The van der Waals surface area contributed by atoms with Gasteiger partial charge in [-0.1, -0.05) is 54.6 Å². The molecule has 2 rings (SSSR count). The minimum Gasteiger partial charge on any atom is -0.480 e. The summed E-state index contributed by atoms with van der Waals surface area (Å²) in [5, 5.41) is 10.7. The molecular formula is C17H15NO3. The maximum Gasteiger partial charge on any atom is 0.322 e. The van der Waals surface area contributed by atoms with E-state index in [1.807, 2.05) is 54.6 Å². The third-order valence-electron chi connectivity index (χ3n) is 2.86. The molecule has 4 heteroatoms. The number of nitrogens with one attached hydrogen (secondary N) is 1. The Morgan fingerprint density at radius 2 is 1.57 bits per heavy atom. The van der Waals surface area contributed by atoms with Crippen LogP contribution < -0.4 is 5.32 Å². The molecule has 21 heavy (non-hydrogen) atoms. The molecule has 0 fully saturated rings. The Balaban J connectivity index is 1.99. The molecule has 2 N–H and O–H groups in total. The van der Waals surface area contributed by atoms with Gasteiger partial charge in [-0.3, -0.25) is 9.59 Å². The second kappa shape index (κ2) is 7.05. The number of amides is 1. The molecule has 0 unspecified atom stereocenters. The molecule has 0 aliphatic carbocycles. The lowest BCUT2D eigenvalue weighted by Crippen LogP contribution is -2.27. The van der Waals surface area contributed by atoms with Crippen molar-refractivity contribution in [1.82, 2.24) is 5.32 Å². The minimum atomic E-state index is -1.07. The standard InChI is InChI=1S/C17H15NO3/c19-16(18-12-17(20)21)11-8-13-6-9-15(10-7-13)14-4-2-1-3-5-14/h1-11H,12H2,(H,18,19)(H,20,21)/b11-8+. The van der Waals surface area contributed by atoms with Gasteiger partial charge in [0, 0.05) is 6.08 Å². The van der Waals surface area contributed by atoms with Gasteiger partial charge in [0.2, 0.25) is 5.91 Å². The molecule has 0 saturated heterocycles. The molecular weight excluding hydrogens is 266 g/mol. The monoisotopic (exact) mass is 281 g/mol. The molecule has 4 nitrogen and oxygen atoms in total. The zero-order chi connectivity index (χ0) is 15.1. The van der Waals surface area contributed by atoms with E-state index in [2.05, 4.69) is 5.32 Å². The fourth-order valence-electron chi connectivity index (χ4n) is 1.81. The van der Waals surface area contributed by atoms with E-state index in [0.717, 1.165) is 16.7 Å². The highest BCUT2D eigenvalue weighted by Crippen LogP contribution is 2.19. The van der Waals surface area contributed by atoms with Gasteiger partial charge in [-0.2, -0.15) is 0 Å². The van der Waals surface area contributed by atoms with Crippen molar-refractivity contribution in [3.63, 3.8) is 0 Å². The predicted molar refractivity (Wildman–Crippen MR) is 81.6 cm³/mol. The molecule has 0 aliphatic heterocycles. The molecule has 0 heterocycles. The lowest BCUT2D eigenvalue weighted by Gasteiger charge is -2.02. The summed E-state index contributed by atoms with van der Waals surface area (Å²) in [6.07, 6.45) is 2.96. The number of benzene rings is 2. The lowest BCUT2D eigenvalue weighted by atomic mass is 10.0. The Kier molecular flexibility index (Phi) is 4.88. The van der Waals surface area contributed by atoms with Crippen LogP contribution in [0.5, 0.6) is 0 Å². The summed E-state index contributed by atoms with van der Waals surface area (Å²) < 4.78 is 0. The lowest BCUT2D eigenvalue weighted by molar-refractivity contribution is -0.137. The van der Waals surface area contributed by atoms with Gasteiger partial charge in [-0.05, 0) is 22.8 Å². The third kappa shape index (κ3) is 4.62. The van der Waals surface area contributed by atoms with Gasteiger partial charge in [-0.25, -0.2) is 0 Å². The van der Waals surface area contributed by atoms with Crippen molar-refractivity contribution in [3.05, 3.63) is 66.2 Å². The van der Waals surface area contributed by atoms with E-state index < -0.39 is 11.9 Å². The van der Waals surface area contributed by atoms with E-state index in [-0.39, 0.29) is 6.54 Å². The first-order valence-corrected chi connectivity index (χ1v) is 6.48. The van der Waals surface area contributed by atoms with Crippen molar-refractivity contribution in [2.45, 2.75) is 0 Å². The van der Waals surface area contributed by atoms with Gasteiger partial charge >= 0.3 is 5.97 Å². The highest BCUT2D eigenvalue weighted by molar-refractivity contribution is 5.93. The number of carbonyl (C=O) groups is 2. The molecule has 0 aliphatic rings. The molecule has 1 amide bonds. The fraction of sp³-hybridized carbons (Fsp3) is 0.0588. The second-order valence-corrected chi connectivity index (χ2v) is 4.43. The molecule has 0 radical (unpaired) electrons. The summed E-state index contributed by atoms with van der Waals surface area (Å²) in [7, 11) is 0. The predicted octanol–water partition coefficient (Wildman–Crippen LogP) is 2.57. The first kappa shape index (κ1) is 14.5. The summed E-state index contributed by atoms with van der Waals surface area (Å²) in [5.74, 6) is -1.49. The number of carboxylic acids is 1. The van der Waals surface area contributed by atoms with Crippen LogP contribution in [0.15, 0.2) is 60.7 Å². The topological polar surface area (TPSA) is 66.4 Å². The molecule has 0 spiro atoms. The number of aliphatic carboxylic acids is 1. The Bertz CT molecular complexity index is 645. The van der Waals surface area contributed by atoms with Crippen LogP contribution in [-0.2, 0) is 9.59 Å².